The lowest BCUT2D eigenvalue weighted by atomic mass is 10.2. The van der Waals surface area contributed by atoms with Crippen LogP contribution in [0.25, 0.3) is 15.9 Å². The molecule has 1 fully saturated rings. The Morgan fingerprint density at radius 2 is 1.94 bits per heavy atom. The standard InChI is InChI=1S/C23H20FN5O3S/c1-14-12-19(30)21(27-29(14)18-5-3-2-4-16(18)24)22(31)25-15-6-7-17-20(13-15)33-23(26-17)28-8-10-32-11-9-28/h2-7,12-13H,8-11H2,1H3,(H,25,31). The van der Waals surface area contributed by atoms with Crippen molar-refractivity contribution in [2.75, 3.05) is 36.5 Å². The fourth-order valence-electron chi connectivity index (χ4n) is 3.64. The van der Waals surface area contributed by atoms with Crippen LogP contribution in [0.15, 0.2) is 53.3 Å². The molecule has 33 heavy (non-hydrogen) atoms. The van der Waals surface area contributed by atoms with E-state index in [1.807, 2.05) is 12.1 Å². The molecule has 3 heterocycles. The van der Waals surface area contributed by atoms with E-state index < -0.39 is 17.2 Å². The third-order valence-corrected chi connectivity index (χ3v) is 6.40. The smallest absolute Gasteiger partial charge is 0.280 e. The van der Waals surface area contributed by atoms with Gasteiger partial charge >= 0.3 is 0 Å². The van der Waals surface area contributed by atoms with E-state index >= 15 is 0 Å². The van der Waals surface area contributed by atoms with Gasteiger partial charge in [0, 0.05) is 30.5 Å². The highest BCUT2D eigenvalue weighted by Crippen LogP contribution is 2.31. The summed E-state index contributed by atoms with van der Waals surface area (Å²) in [6.45, 7) is 4.55. The number of halogens is 1. The first-order chi connectivity index (χ1) is 16.0. The fraction of sp³-hybridized carbons (Fsp3) is 0.217. The minimum absolute atomic E-state index is 0.158. The molecule has 1 saturated heterocycles. The Morgan fingerprint density at radius 1 is 1.15 bits per heavy atom. The topological polar surface area (TPSA) is 89.3 Å². The van der Waals surface area contributed by atoms with Gasteiger partial charge in [-0.15, -0.1) is 0 Å². The molecule has 1 aliphatic heterocycles. The summed E-state index contributed by atoms with van der Waals surface area (Å²) in [5.74, 6) is -1.17. The second-order valence-electron chi connectivity index (χ2n) is 7.59. The van der Waals surface area contributed by atoms with Gasteiger partial charge in [0.2, 0.25) is 5.43 Å². The Morgan fingerprint density at radius 3 is 2.73 bits per heavy atom. The van der Waals surface area contributed by atoms with Gasteiger partial charge in [-0.3, -0.25) is 9.59 Å². The van der Waals surface area contributed by atoms with E-state index in [1.165, 1.54) is 34.2 Å². The first kappa shape index (κ1) is 21.2. The number of thiazole rings is 1. The Balaban J connectivity index is 1.43. The first-order valence-electron chi connectivity index (χ1n) is 10.4. The number of morpholine rings is 1. The van der Waals surface area contributed by atoms with E-state index in [-0.39, 0.29) is 11.4 Å². The van der Waals surface area contributed by atoms with Gasteiger partial charge < -0.3 is 15.0 Å². The number of fused-ring (bicyclic) bond motifs is 1. The number of carbonyl (C=O) groups is 1. The molecule has 0 spiro atoms. The predicted octanol–water partition coefficient (Wildman–Crippen LogP) is 3.38. The molecule has 0 saturated carbocycles. The molecule has 8 nitrogen and oxygen atoms in total. The second-order valence-corrected chi connectivity index (χ2v) is 8.60. The molecule has 168 valence electrons. The lowest BCUT2D eigenvalue weighted by Crippen LogP contribution is -2.36. The number of amides is 1. The minimum atomic E-state index is -0.664. The summed E-state index contributed by atoms with van der Waals surface area (Å²) in [6.07, 6.45) is 0. The van der Waals surface area contributed by atoms with Crippen LogP contribution >= 0.6 is 11.3 Å². The highest BCUT2D eigenvalue weighted by molar-refractivity contribution is 7.22. The Kier molecular flexibility index (Phi) is 5.61. The number of aromatic nitrogens is 3. The van der Waals surface area contributed by atoms with Gasteiger partial charge in [-0.2, -0.15) is 5.10 Å². The number of carbonyl (C=O) groups excluding carboxylic acids is 1. The van der Waals surface area contributed by atoms with Crippen molar-refractivity contribution in [1.29, 1.82) is 0 Å². The van der Waals surface area contributed by atoms with Crippen LogP contribution in [0.2, 0.25) is 0 Å². The molecule has 4 aromatic rings. The lowest BCUT2D eigenvalue weighted by Gasteiger charge is -2.25. The molecule has 10 heteroatoms. The molecule has 1 amide bonds. The zero-order chi connectivity index (χ0) is 22.9. The fourth-order valence-corrected chi connectivity index (χ4v) is 4.70. The molecule has 2 aromatic heterocycles. The SMILES string of the molecule is Cc1cc(=O)c(C(=O)Nc2ccc3nc(N4CCOCC4)sc3c2)nn1-c1ccccc1F. The third-order valence-electron chi connectivity index (χ3n) is 5.32. The molecule has 2 aromatic carbocycles. The van der Waals surface area contributed by atoms with Crippen molar-refractivity contribution in [3.63, 3.8) is 0 Å². The quantitative estimate of drug-likeness (QED) is 0.497. The molecule has 0 bridgehead atoms. The van der Waals surface area contributed by atoms with Crippen LogP contribution in [0.3, 0.4) is 0 Å². The summed E-state index contributed by atoms with van der Waals surface area (Å²) in [4.78, 5) is 32.2. The third kappa shape index (κ3) is 4.22. The van der Waals surface area contributed by atoms with Crippen molar-refractivity contribution in [3.8, 4) is 5.69 Å². The van der Waals surface area contributed by atoms with Crippen molar-refractivity contribution in [2.24, 2.45) is 0 Å². The van der Waals surface area contributed by atoms with E-state index in [0.29, 0.717) is 24.6 Å². The highest BCUT2D eigenvalue weighted by Gasteiger charge is 2.19. The average Bonchev–Trinajstić information content (AvgIpc) is 3.24. The molecule has 0 atom stereocenters. The maximum atomic E-state index is 14.3. The summed E-state index contributed by atoms with van der Waals surface area (Å²) in [5.41, 5.74) is 1.07. The van der Waals surface area contributed by atoms with Crippen LogP contribution in [0.1, 0.15) is 16.2 Å². The summed E-state index contributed by atoms with van der Waals surface area (Å²) in [7, 11) is 0. The van der Waals surface area contributed by atoms with Crippen molar-refractivity contribution in [2.45, 2.75) is 6.92 Å². The van der Waals surface area contributed by atoms with E-state index in [9.17, 15) is 14.0 Å². The number of anilines is 2. The van der Waals surface area contributed by atoms with Crippen molar-refractivity contribution < 1.29 is 13.9 Å². The predicted molar refractivity (Wildman–Crippen MR) is 125 cm³/mol. The monoisotopic (exact) mass is 465 g/mol. The molecule has 0 aliphatic carbocycles. The van der Waals surface area contributed by atoms with Crippen molar-refractivity contribution >= 4 is 38.3 Å². The average molecular weight is 466 g/mol. The van der Waals surface area contributed by atoms with Gasteiger partial charge in [-0.25, -0.2) is 14.1 Å². The summed E-state index contributed by atoms with van der Waals surface area (Å²) >= 11 is 1.53. The number of benzene rings is 2. The highest BCUT2D eigenvalue weighted by atomic mass is 32.1. The minimum Gasteiger partial charge on any atom is -0.378 e. The molecule has 0 unspecified atom stereocenters. The lowest BCUT2D eigenvalue weighted by molar-refractivity contribution is 0.101. The van der Waals surface area contributed by atoms with Crippen molar-refractivity contribution in [3.05, 3.63) is 76.0 Å². The van der Waals surface area contributed by atoms with E-state index in [0.717, 1.165) is 28.4 Å². The zero-order valence-electron chi connectivity index (χ0n) is 17.7. The number of para-hydroxylation sites is 1. The molecule has 1 N–H and O–H groups in total. The number of rotatable bonds is 4. The molecule has 0 radical (unpaired) electrons. The van der Waals surface area contributed by atoms with Gasteiger partial charge in [0.25, 0.3) is 5.91 Å². The van der Waals surface area contributed by atoms with Gasteiger partial charge in [0.1, 0.15) is 11.5 Å². The number of aryl methyl sites for hydroxylation is 1. The van der Waals surface area contributed by atoms with Crippen LogP contribution in [0.4, 0.5) is 15.2 Å². The Bertz CT molecular complexity index is 1410. The Hall–Kier alpha value is -3.63. The summed E-state index contributed by atoms with van der Waals surface area (Å²) in [6, 6.07) is 12.7. The maximum absolute atomic E-state index is 14.3. The largest absolute Gasteiger partial charge is 0.378 e. The van der Waals surface area contributed by atoms with Crippen molar-refractivity contribution in [1.82, 2.24) is 14.8 Å². The molecular formula is C23H20FN5O3S. The van der Waals surface area contributed by atoms with Crippen LogP contribution in [0.5, 0.6) is 0 Å². The normalized spacial score (nSPS) is 13.9. The van der Waals surface area contributed by atoms with Crippen LogP contribution < -0.4 is 15.6 Å². The molecule has 5 rings (SSSR count). The summed E-state index contributed by atoms with van der Waals surface area (Å²) in [5, 5.41) is 7.79. The van der Waals surface area contributed by atoms with Crippen LogP contribution in [-0.2, 0) is 4.74 Å². The number of nitrogens with zero attached hydrogens (tertiary/aromatic N) is 4. The van der Waals surface area contributed by atoms with Crippen LogP contribution in [0, 0.1) is 12.7 Å². The number of hydrogen-bond donors (Lipinski definition) is 1. The van der Waals surface area contributed by atoms with Gasteiger partial charge in [-0.1, -0.05) is 23.5 Å². The van der Waals surface area contributed by atoms with E-state index in [1.54, 1.807) is 25.1 Å². The van der Waals surface area contributed by atoms with Gasteiger partial charge in [0.05, 0.1) is 23.4 Å². The number of hydrogen-bond acceptors (Lipinski definition) is 7. The van der Waals surface area contributed by atoms with E-state index in [2.05, 4.69) is 20.3 Å². The molecular weight excluding hydrogens is 445 g/mol. The van der Waals surface area contributed by atoms with Gasteiger partial charge in [0.15, 0.2) is 10.8 Å². The number of nitrogens with one attached hydrogen (secondary N) is 1. The second kappa shape index (κ2) is 8.72. The Labute approximate surface area is 192 Å². The first-order valence-corrected chi connectivity index (χ1v) is 11.2. The summed E-state index contributed by atoms with van der Waals surface area (Å²) < 4.78 is 21.8. The van der Waals surface area contributed by atoms with Gasteiger partial charge in [-0.05, 0) is 37.3 Å². The number of ether oxygens (including phenoxy) is 1. The van der Waals surface area contributed by atoms with E-state index in [4.69, 9.17) is 4.74 Å². The maximum Gasteiger partial charge on any atom is 0.280 e. The zero-order valence-corrected chi connectivity index (χ0v) is 18.6. The molecule has 1 aliphatic rings. The van der Waals surface area contributed by atoms with Crippen LogP contribution in [-0.4, -0.2) is 47.0 Å².